The Morgan fingerprint density at radius 2 is 2.40 bits per heavy atom. The predicted octanol–water partition coefficient (Wildman–Crippen LogP) is 2.66. The Bertz CT molecular complexity index is 591. The largest absolute Gasteiger partial charge is 0.382 e. The Morgan fingerprint density at radius 3 is 3.05 bits per heavy atom. The minimum Gasteiger partial charge on any atom is -0.382 e. The van der Waals surface area contributed by atoms with E-state index in [0.29, 0.717) is 11.9 Å². The first-order chi connectivity index (χ1) is 9.65. The normalized spacial score (nSPS) is 19.6. The Hall–Kier alpha value is -1.18. The van der Waals surface area contributed by atoms with Crippen LogP contribution in [0.3, 0.4) is 0 Å². The molecule has 2 aromatic heterocycles. The molecule has 20 heavy (non-hydrogen) atoms. The molecule has 1 fully saturated rings. The first-order valence-electron chi connectivity index (χ1n) is 6.77. The van der Waals surface area contributed by atoms with Crippen LogP contribution in [0.4, 0.5) is 10.8 Å². The van der Waals surface area contributed by atoms with Gasteiger partial charge < -0.3 is 16.0 Å². The van der Waals surface area contributed by atoms with Gasteiger partial charge in [-0.3, -0.25) is 0 Å². The van der Waals surface area contributed by atoms with E-state index in [9.17, 15) is 0 Å². The number of nitrogens with two attached hydrogens (primary N) is 1. The lowest BCUT2D eigenvalue weighted by atomic mass is 10.2. The molecule has 108 valence electrons. The lowest BCUT2D eigenvalue weighted by Crippen LogP contribution is -2.31. The van der Waals surface area contributed by atoms with Crippen molar-refractivity contribution in [3.8, 4) is 10.6 Å². The smallest absolute Gasteiger partial charge is 0.149 e. The number of hydrogen-bond donors (Lipinski definition) is 2. The number of thiazole rings is 1. The number of likely N-dealkylation sites (N-methyl/N-ethyl adjacent to an activating group) is 1. The number of aromatic nitrogens is 2. The van der Waals surface area contributed by atoms with Gasteiger partial charge in [-0.15, -0.1) is 11.3 Å². The summed E-state index contributed by atoms with van der Waals surface area (Å²) in [6.07, 6.45) is 2.54. The third-order valence-corrected chi connectivity index (χ3v) is 5.52. The van der Waals surface area contributed by atoms with Gasteiger partial charge in [-0.25, -0.2) is 4.98 Å². The van der Waals surface area contributed by atoms with Crippen LogP contribution in [0.2, 0.25) is 0 Å². The summed E-state index contributed by atoms with van der Waals surface area (Å²) in [5, 5.41) is 7.55. The fourth-order valence-corrected chi connectivity index (χ4v) is 4.19. The molecule has 1 saturated heterocycles. The van der Waals surface area contributed by atoms with E-state index in [1.807, 2.05) is 12.3 Å². The number of nitrogen functional groups attached to an aromatic ring is 1. The molecule has 0 saturated carbocycles. The summed E-state index contributed by atoms with van der Waals surface area (Å²) in [4.78, 5) is 6.93. The fourth-order valence-electron chi connectivity index (χ4n) is 2.55. The standard InChI is InChI=1S/C13H19N5S2/c1-8-7-19-13(16-8)10-11(14)17-20-12(10)15-6-9-4-3-5-18(9)2/h7,9,15H,3-6H2,1-2H3,(H2,14,17). The topological polar surface area (TPSA) is 67.1 Å². The zero-order valence-corrected chi connectivity index (χ0v) is 13.4. The molecular formula is C13H19N5S2. The summed E-state index contributed by atoms with van der Waals surface area (Å²) in [5.74, 6) is 0.576. The van der Waals surface area contributed by atoms with Crippen LogP contribution in [0.15, 0.2) is 5.38 Å². The molecule has 1 atom stereocenters. The average molecular weight is 309 g/mol. The average Bonchev–Trinajstić information content (AvgIpc) is 3.09. The lowest BCUT2D eigenvalue weighted by molar-refractivity contribution is 0.322. The highest BCUT2D eigenvalue weighted by Gasteiger charge is 2.22. The molecule has 0 spiro atoms. The predicted molar refractivity (Wildman–Crippen MR) is 86.5 cm³/mol. The summed E-state index contributed by atoms with van der Waals surface area (Å²) < 4.78 is 4.28. The van der Waals surface area contributed by atoms with Crippen molar-refractivity contribution in [2.75, 3.05) is 31.2 Å². The van der Waals surface area contributed by atoms with Gasteiger partial charge >= 0.3 is 0 Å². The quantitative estimate of drug-likeness (QED) is 0.909. The van der Waals surface area contributed by atoms with Crippen LogP contribution >= 0.6 is 22.9 Å². The summed E-state index contributed by atoms with van der Waals surface area (Å²) >= 11 is 3.05. The van der Waals surface area contributed by atoms with Gasteiger partial charge in [0.05, 0.1) is 5.56 Å². The lowest BCUT2D eigenvalue weighted by Gasteiger charge is -2.19. The number of likely N-dealkylation sites (tertiary alicyclic amines) is 1. The minimum absolute atomic E-state index is 0.576. The Labute approximate surface area is 127 Å². The summed E-state index contributed by atoms with van der Waals surface area (Å²) in [6, 6.07) is 0.601. The van der Waals surface area contributed by atoms with Crippen molar-refractivity contribution in [1.29, 1.82) is 0 Å². The van der Waals surface area contributed by atoms with Crippen LogP contribution in [0.25, 0.3) is 10.6 Å². The molecule has 0 bridgehead atoms. The number of nitrogens with one attached hydrogen (secondary N) is 1. The van der Waals surface area contributed by atoms with E-state index in [0.717, 1.165) is 27.8 Å². The minimum atomic E-state index is 0.576. The van der Waals surface area contributed by atoms with Crippen LogP contribution in [0.5, 0.6) is 0 Å². The van der Waals surface area contributed by atoms with Crippen molar-refractivity contribution in [2.45, 2.75) is 25.8 Å². The highest BCUT2D eigenvalue weighted by molar-refractivity contribution is 7.15. The number of rotatable bonds is 4. The molecule has 0 aromatic carbocycles. The van der Waals surface area contributed by atoms with Crippen LogP contribution in [0, 0.1) is 6.92 Å². The van der Waals surface area contributed by atoms with Crippen molar-refractivity contribution in [3.63, 3.8) is 0 Å². The molecular weight excluding hydrogens is 290 g/mol. The van der Waals surface area contributed by atoms with Gasteiger partial charge in [0.1, 0.15) is 15.8 Å². The zero-order valence-electron chi connectivity index (χ0n) is 11.7. The molecule has 7 heteroatoms. The van der Waals surface area contributed by atoms with Gasteiger partial charge in [-0.05, 0) is 44.9 Å². The molecule has 0 aliphatic carbocycles. The van der Waals surface area contributed by atoms with Crippen molar-refractivity contribution in [2.24, 2.45) is 0 Å². The molecule has 2 aromatic rings. The Morgan fingerprint density at radius 1 is 1.55 bits per heavy atom. The second kappa shape index (κ2) is 5.67. The van der Waals surface area contributed by atoms with Crippen LogP contribution < -0.4 is 11.1 Å². The molecule has 1 aliphatic rings. The van der Waals surface area contributed by atoms with Crippen LogP contribution in [-0.2, 0) is 0 Å². The molecule has 1 unspecified atom stereocenters. The summed E-state index contributed by atoms with van der Waals surface area (Å²) in [7, 11) is 2.19. The van der Waals surface area contributed by atoms with E-state index in [1.54, 1.807) is 11.3 Å². The highest BCUT2D eigenvalue weighted by Crippen LogP contribution is 2.38. The van der Waals surface area contributed by atoms with Gasteiger partial charge in [0, 0.05) is 23.7 Å². The maximum atomic E-state index is 6.01. The van der Waals surface area contributed by atoms with Crippen molar-refractivity contribution < 1.29 is 0 Å². The monoisotopic (exact) mass is 309 g/mol. The van der Waals surface area contributed by atoms with Crippen LogP contribution in [0.1, 0.15) is 18.5 Å². The van der Waals surface area contributed by atoms with Crippen molar-refractivity contribution in [1.82, 2.24) is 14.3 Å². The van der Waals surface area contributed by atoms with Gasteiger partial charge in [0.25, 0.3) is 0 Å². The molecule has 3 heterocycles. The molecule has 0 radical (unpaired) electrons. The molecule has 3 rings (SSSR count). The van der Waals surface area contributed by atoms with Crippen molar-refractivity contribution in [3.05, 3.63) is 11.1 Å². The SMILES string of the molecule is Cc1csc(-c2c(N)nsc2NCC2CCCN2C)n1. The first kappa shape index (κ1) is 13.8. The second-order valence-electron chi connectivity index (χ2n) is 5.22. The number of anilines is 2. The Kier molecular flexibility index (Phi) is 3.91. The molecule has 0 amide bonds. The summed E-state index contributed by atoms with van der Waals surface area (Å²) in [6.45, 7) is 4.13. The van der Waals surface area contributed by atoms with Gasteiger partial charge in [-0.1, -0.05) is 0 Å². The highest BCUT2D eigenvalue weighted by atomic mass is 32.1. The number of hydrogen-bond acceptors (Lipinski definition) is 7. The maximum absolute atomic E-state index is 6.01. The fraction of sp³-hybridized carbons (Fsp3) is 0.538. The molecule has 3 N–H and O–H groups in total. The second-order valence-corrected chi connectivity index (χ2v) is 6.86. The number of aryl methyl sites for hydroxylation is 1. The van der Waals surface area contributed by atoms with E-state index < -0.39 is 0 Å². The van der Waals surface area contributed by atoms with Gasteiger partial charge in [-0.2, -0.15) is 4.37 Å². The molecule has 5 nitrogen and oxygen atoms in total. The maximum Gasteiger partial charge on any atom is 0.149 e. The third-order valence-electron chi connectivity index (χ3n) is 3.72. The van der Waals surface area contributed by atoms with Gasteiger partial charge in [0.2, 0.25) is 0 Å². The zero-order chi connectivity index (χ0) is 14.1. The van der Waals surface area contributed by atoms with Gasteiger partial charge in [0.15, 0.2) is 0 Å². The van der Waals surface area contributed by atoms with E-state index in [2.05, 4.69) is 26.6 Å². The van der Waals surface area contributed by atoms with E-state index in [1.165, 1.54) is 30.9 Å². The van der Waals surface area contributed by atoms with E-state index in [-0.39, 0.29) is 0 Å². The first-order valence-corrected chi connectivity index (χ1v) is 8.42. The van der Waals surface area contributed by atoms with Crippen molar-refractivity contribution >= 4 is 33.7 Å². The van der Waals surface area contributed by atoms with Crippen LogP contribution in [-0.4, -0.2) is 40.4 Å². The van der Waals surface area contributed by atoms with E-state index >= 15 is 0 Å². The third kappa shape index (κ3) is 2.65. The summed E-state index contributed by atoms with van der Waals surface area (Å²) in [5.41, 5.74) is 8.00. The van der Waals surface area contributed by atoms with E-state index in [4.69, 9.17) is 5.73 Å². The number of nitrogens with zero attached hydrogens (tertiary/aromatic N) is 3. The molecule has 1 aliphatic heterocycles. The Balaban J connectivity index is 1.77.